The predicted octanol–water partition coefficient (Wildman–Crippen LogP) is 0.949. The van der Waals surface area contributed by atoms with Gasteiger partial charge in [0, 0.05) is 63.3 Å². The molecule has 9 nitrogen and oxygen atoms in total. The van der Waals surface area contributed by atoms with Crippen LogP contribution < -0.4 is 26.4 Å². The summed E-state index contributed by atoms with van der Waals surface area (Å²) in [7, 11) is 8.16. The highest BCUT2D eigenvalue weighted by atomic mass is 16.5. The molecule has 0 aromatic heterocycles. The highest BCUT2D eigenvalue weighted by molar-refractivity contribution is 5.92. The molecule has 3 aliphatic rings. The Labute approximate surface area is 210 Å². The maximum Gasteiger partial charge on any atom is 0.214 e. The number of hydrogen-bond donors (Lipinski definition) is 3. The van der Waals surface area contributed by atoms with Crippen LogP contribution in [0.2, 0.25) is 0 Å². The molecule has 0 aliphatic carbocycles. The summed E-state index contributed by atoms with van der Waals surface area (Å²) >= 11 is 0. The second kappa shape index (κ2) is 11.2. The molecule has 0 spiro atoms. The van der Waals surface area contributed by atoms with Gasteiger partial charge in [-0.05, 0) is 71.1 Å². The average Bonchev–Trinajstić information content (AvgIpc) is 2.84. The van der Waals surface area contributed by atoms with Crippen molar-refractivity contribution in [3.05, 3.63) is 35.5 Å². The van der Waals surface area contributed by atoms with Crippen molar-refractivity contribution in [1.29, 1.82) is 0 Å². The Kier molecular flexibility index (Phi) is 8.21. The summed E-state index contributed by atoms with van der Waals surface area (Å²) in [6, 6.07) is 5.03. The van der Waals surface area contributed by atoms with Crippen molar-refractivity contribution < 1.29 is 4.74 Å². The number of rotatable bonds is 8. The fraction of sp³-hybridized carbons (Fsp3) is 0.654. The minimum absolute atomic E-state index is 0.400. The number of nitrogens with zero attached hydrogens (tertiary/aromatic N) is 5. The third-order valence-electron chi connectivity index (χ3n) is 7.59. The molecule has 0 amide bonds. The largest absolute Gasteiger partial charge is 0.496 e. The number of amidine groups is 1. The quantitative estimate of drug-likeness (QED) is 0.502. The van der Waals surface area contributed by atoms with Gasteiger partial charge in [0.25, 0.3) is 0 Å². The number of ether oxygens (including phenoxy) is 1. The first-order chi connectivity index (χ1) is 16.8. The summed E-state index contributed by atoms with van der Waals surface area (Å²) in [5, 5.41) is 3.18. The maximum atomic E-state index is 6.69. The van der Waals surface area contributed by atoms with Gasteiger partial charge in [-0.2, -0.15) is 0 Å². The maximum absolute atomic E-state index is 6.69. The van der Waals surface area contributed by atoms with E-state index < -0.39 is 5.79 Å². The zero-order chi connectivity index (χ0) is 25.0. The molecule has 1 aromatic rings. The number of benzene rings is 1. The molecular formula is C26H44N8O. The second-order valence-electron chi connectivity index (χ2n) is 10.4. The molecule has 1 aromatic carbocycles. The molecule has 0 bridgehead atoms. The normalized spacial score (nSPS) is 24.5. The summed E-state index contributed by atoms with van der Waals surface area (Å²) in [6.45, 7) is 7.86. The highest BCUT2D eigenvalue weighted by Gasteiger charge is 2.33. The second-order valence-corrected chi connectivity index (χ2v) is 10.4. The van der Waals surface area contributed by atoms with E-state index in [1.807, 2.05) is 0 Å². The van der Waals surface area contributed by atoms with Crippen LogP contribution in [0.15, 0.2) is 29.4 Å². The molecule has 0 saturated carbocycles. The lowest BCUT2D eigenvalue weighted by Gasteiger charge is -2.43. The van der Waals surface area contributed by atoms with E-state index in [0.717, 1.165) is 43.8 Å². The number of anilines is 1. The van der Waals surface area contributed by atoms with E-state index in [2.05, 4.69) is 63.2 Å². The molecule has 4 rings (SSSR count). The van der Waals surface area contributed by atoms with Crippen molar-refractivity contribution >= 4 is 11.5 Å². The van der Waals surface area contributed by atoms with Crippen molar-refractivity contribution in [2.24, 2.45) is 16.5 Å². The first-order valence-electron chi connectivity index (χ1n) is 12.9. The van der Waals surface area contributed by atoms with E-state index in [1.165, 1.54) is 50.3 Å². The van der Waals surface area contributed by atoms with Gasteiger partial charge in [-0.3, -0.25) is 10.6 Å². The Hall–Kier alpha value is -2.33. The van der Waals surface area contributed by atoms with Crippen molar-refractivity contribution in [2.75, 3.05) is 79.0 Å². The zero-order valence-electron chi connectivity index (χ0n) is 22.0. The van der Waals surface area contributed by atoms with Crippen LogP contribution in [-0.2, 0) is 12.2 Å². The van der Waals surface area contributed by atoms with Gasteiger partial charge >= 0.3 is 0 Å². The van der Waals surface area contributed by atoms with Crippen LogP contribution in [-0.4, -0.2) is 101 Å². The van der Waals surface area contributed by atoms with Gasteiger partial charge in [0.1, 0.15) is 11.6 Å². The number of aryl methyl sites for hydroxylation is 1. The van der Waals surface area contributed by atoms with E-state index in [4.69, 9.17) is 16.2 Å². The number of nitrogens with two attached hydrogens (primary N) is 2. The highest BCUT2D eigenvalue weighted by Crippen LogP contribution is 2.37. The smallest absolute Gasteiger partial charge is 0.214 e. The number of piperazine rings is 1. The standard InChI is InChI=1S/C26H44N8O/c1-31(2)11-5-6-20-18-22(26(28)29-10-7-25(27)30-26)24(35-4)19-23(20)34-12-8-21(9-13-34)33-16-14-32(3)15-17-33/h7,10,18-19,21,29H,5-6,8-9,11-17,28H2,1-4H3,(H2,27,30). The minimum Gasteiger partial charge on any atom is -0.496 e. The average molecular weight is 485 g/mol. The van der Waals surface area contributed by atoms with Crippen LogP contribution in [0, 0.1) is 0 Å². The summed E-state index contributed by atoms with van der Waals surface area (Å²) in [4.78, 5) is 14.4. The van der Waals surface area contributed by atoms with Crippen molar-refractivity contribution in [3.63, 3.8) is 0 Å². The molecule has 35 heavy (non-hydrogen) atoms. The summed E-state index contributed by atoms with van der Waals surface area (Å²) in [5.74, 6) is -0.00938. The van der Waals surface area contributed by atoms with Gasteiger partial charge in [-0.1, -0.05) is 0 Å². The Morgan fingerprint density at radius 2 is 1.86 bits per heavy atom. The first kappa shape index (κ1) is 25.8. The van der Waals surface area contributed by atoms with Crippen LogP contribution in [0.25, 0.3) is 0 Å². The molecule has 2 saturated heterocycles. The lowest BCUT2D eigenvalue weighted by Crippen LogP contribution is -2.52. The summed E-state index contributed by atoms with van der Waals surface area (Å²) < 4.78 is 5.85. The van der Waals surface area contributed by atoms with Crippen LogP contribution in [0.5, 0.6) is 5.75 Å². The van der Waals surface area contributed by atoms with Crippen molar-refractivity contribution in [3.8, 4) is 5.75 Å². The lowest BCUT2D eigenvalue weighted by molar-refractivity contribution is 0.0982. The van der Waals surface area contributed by atoms with Crippen LogP contribution >= 0.6 is 0 Å². The summed E-state index contributed by atoms with van der Waals surface area (Å²) in [5.41, 5.74) is 16.0. The molecular weight excluding hydrogens is 440 g/mol. The van der Waals surface area contributed by atoms with Crippen molar-refractivity contribution in [2.45, 2.75) is 37.5 Å². The SMILES string of the molecule is COc1cc(N2CCC(N3CCN(C)CC3)CC2)c(CCCN(C)C)cc1C1(N)N=C(N)C=CN1. The molecule has 1 atom stereocenters. The molecule has 194 valence electrons. The fourth-order valence-electron chi connectivity index (χ4n) is 5.49. The van der Waals surface area contributed by atoms with E-state index in [1.54, 1.807) is 19.4 Å². The van der Waals surface area contributed by atoms with Crippen LogP contribution in [0.3, 0.4) is 0 Å². The van der Waals surface area contributed by atoms with E-state index in [9.17, 15) is 0 Å². The van der Waals surface area contributed by atoms with Gasteiger partial charge in [0.2, 0.25) is 5.79 Å². The number of methoxy groups -OCH3 is 1. The predicted molar refractivity (Wildman–Crippen MR) is 144 cm³/mol. The van der Waals surface area contributed by atoms with Gasteiger partial charge < -0.3 is 30.5 Å². The minimum atomic E-state index is -1.15. The number of hydrogen-bond acceptors (Lipinski definition) is 9. The van der Waals surface area contributed by atoms with E-state index in [-0.39, 0.29) is 0 Å². The Morgan fingerprint density at radius 1 is 1.14 bits per heavy atom. The van der Waals surface area contributed by atoms with Gasteiger partial charge in [0.15, 0.2) is 0 Å². The van der Waals surface area contributed by atoms with Crippen LogP contribution in [0.4, 0.5) is 5.69 Å². The molecule has 3 heterocycles. The third-order valence-corrected chi connectivity index (χ3v) is 7.59. The molecule has 0 radical (unpaired) electrons. The molecule has 9 heteroatoms. The molecule has 5 N–H and O–H groups in total. The molecule has 3 aliphatic heterocycles. The fourth-order valence-corrected chi connectivity index (χ4v) is 5.49. The van der Waals surface area contributed by atoms with Gasteiger partial charge in [0.05, 0.1) is 12.7 Å². The van der Waals surface area contributed by atoms with E-state index >= 15 is 0 Å². The zero-order valence-corrected chi connectivity index (χ0v) is 22.0. The van der Waals surface area contributed by atoms with Gasteiger partial charge in [-0.15, -0.1) is 0 Å². The molecule has 1 unspecified atom stereocenters. The number of likely N-dealkylation sites (N-methyl/N-ethyl adjacent to an activating group) is 1. The monoisotopic (exact) mass is 484 g/mol. The number of nitrogens with one attached hydrogen (secondary N) is 1. The third kappa shape index (κ3) is 6.09. The topological polar surface area (TPSA) is 98.6 Å². The first-order valence-corrected chi connectivity index (χ1v) is 12.9. The number of piperidine rings is 1. The Balaban J connectivity index is 1.57. The van der Waals surface area contributed by atoms with Gasteiger partial charge in [-0.25, -0.2) is 4.99 Å². The lowest BCUT2D eigenvalue weighted by atomic mass is 9.95. The Bertz CT molecular complexity index is 916. The number of aliphatic imine (C=N–C) groups is 1. The molecule has 2 fully saturated rings. The van der Waals surface area contributed by atoms with Crippen LogP contribution in [0.1, 0.15) is 30.4 Å². The Morgan fingerprint density at radius 3 is 2.49 bits per heavy atom. The summed E-state index contributed by atoms with van der Waals surface area (Å²) in [6.07, 6.45) is 7.89. The van der Waals surface area contributed by atoms with E-state index in [0.29, 0.717) is 11.9 Å². The van der Waals surface area contributed by atoms with Crippen molar-refractivity contribution in [1.82, 2.24) is 20.0 Å².